The second-order valence-corrected chi connectivity index (χ2v) is 4.59. The minimum atomic E-state index is -4.22. The molecule has 0 unspecified atom stereocenters. The first-order chi connectivity index (χ1) is 9.38. The Bertz CT molecular complexity index is 484. The van der Waals surface area contributed by atoms with Crippen LogP contribution in [0.3, 0.4) is 0 Å². The number of urea groups is 1. The van der Waals surface area contributed by atoms with Gasteiger partial charge >= 0.3 is 12.2 Å². The van der Waals surface area contributed by atoms with E-state index in [0.717, 1.165) is 6.20 Å². The van der Waals surface area contributed by atoms with Gasteiger partial charge in [0.05, 0.1) is 17.8 Å². The Morgan fingerprint density at radius 2 is 2.00 bits per heavy atom. The fourth-order valence-electron chi connectivity index (χ4n) is 2.08. The predicted molar refractivity (Wildman–Crippen MR) is 63.6 cm³/mol. The number of hydrogen-bond acceptors (Lipinski definition) is 2. The average molecular weight is 291 g/mol. The fourth-order valence-corrected chi connectivity index (χ4v) is 2.08. The first-order valence-corrected chi connectivity index (χ1v) is 6.10. The minimum absolute atomic E-state index is 0.00269. The van der Waals surface area contributed by atoms with E-state index in [1.54, 1.807) is 0 Å². The molecule has 110 valence electrons. The topological polar surface area (TPSA) is 45.2 Å². The van der Waals surface area contributed by atoms with Crippen LogP contribution in [0.5, 0.6) is 0 Å². The Hall–Kier alpha value is -1.86. The van der Waals surface area contributed by atoms with Crippen LogP contribution in [0.25, 0.3) is 0 Å². The summed E-state index contributed by atoms with van der Waals surface area (Å²) < 4.78 is 50.8. The molecule has 0 bridgehead atoms. The van der Waals surface area contributed by atoms with E-state index in [4.69, 9.17) is 0 Å². The first-order valence-electron chi connectivity index (χ1n) is 6.10. The van der Waals surface area contributed by atoms with E-state index in [9.17, 15) is 22.4 Å². The van der Waals surface area contributed by atoms with Crippen LogP contribution in [0, 0.1) is 11.7 Å². The summed E-state index contributed by atoms with van der Waals surface area (Å²) in [6, 6.07) is 0.686. The molecule has 2 heterocycles. The summed E-state index contributed by atoms with van der Waals surface area (Å²) in [5, 5.41) is 2.32. The Morgan fingerprint density at radius 1 is 1.35 bits per heavy atom. The van der Waals surface area contributed by atoms with Gasteiger partial charge in [-0.2, -0.15) is 13.2 Å². The third-order valence-electron chi connectivity index (χ3n) is 3.26. The highest BCUT2D eigenvalue weighted by Crippen LogP contribution is 2.34. The van der Waals surface area contributed by atoms with Gasteiger partial charge in [-0.25, -0.2) is 9.18 Å². The van der Waals surface area contributed by atoms with Gasteiger partial charge in [-0.05, 0) is 18.9 Å². The molecule has 1 fully saturated rings. The van der Waals surface area contributed by atoms with Crippen LogP contribution in [0.2, 0.25) is 0 Å². The number of aromatic nitrogens is 1. The molecule has 8 heteroatoms. The Labute approximate surface area is 112 Å². The molecule has 20 heavy (non-hydrogen) atoms. The molecule has 0 spiro atoms. The summed E-state index contributed by atoms with van der Waals surface area (Å²) in [6.45, 7) is 0.00538. The number of nitrogens with one attached hydrogen (secondary N) is 1. The van der Waals surface area contributed by atoms with Crippen molar-refractivity contribution in [2.45, 2.75) is 19.0 Å². The first kappa shape index (κ1) is 14.5. The van der Waals surface area contributed by atoms with Gasteiger partial charge in [0.1, 0.15) is 0 Å². The van der Waals surface area contributed by atoms with E-state index in [1.807, 2.05) is 0 Å². The summed E-state index contributed by atoms with van der Waals surface area (Å²) in [4.78, 5) is 16.6. The van der Waals surface area contributed by atoms with Gasteiger partial charge in [0.15, 0.2) is 5.82 Å². The van der Waals surface area contributed by atoms with Crippen molar-refractivity contribution in [2.75, 3.05) is 18.4 Å². The summed E-state index contributed by atoms with van der Waals surface area (Å²) in [6.07, 6.45) is -2.22. The monoisotopic (exact) mass is 291 g/mol. The Balaban J connectivity index is 1.91. The second-order valence-electron chi connectivity index (χ2n) is 4.59. The molecule has 0 radical (unpaired) electrons. The highest BCUT2D eigenvalue weighted by Gasteiger charge is 2.41. The highest BCUT2D eigenvalue weighted by atomic mass is 19.4. The van der Waals surface area contributed by atoms with Crippen LogP contribution >= 0.6 is 0 Å². The van der Waals surface area contributed by atoms with Crippen molar-refractivity contribution in [3.8, 4) is 0 Å². The normalized spacial score (nSPS) is 17.1. The van der Waals surface area contributed by atoms with E-state index >= 15 is 0 Å². The maximum Gasteiger partial charge on any atom is 0.391 e. The molecular weight excluding hydrogens is 278 g/mol. The number of anilines is 1. The number of hydrogen-bond donors (Lipinski definition) is 1. The summed E-state index contributed by atoms with van der Waals surface area (Å²) in [7, 11) is 0. The molecule has 1 aliphatic heterocycles. The predicted octanol–water partition coefficient (Wildman–Crippen LogP) is 3.03. The number of amides is 2. The number of pyridine rings is 1. The number of halogens is 4. The molecule has 1 aliphatic rings. The van der Waals surface area contributed by atoms with E-state index in [0.29, 0.717) is 0 Å². The van der Waals surface area contributed by atoms with Crippen molar-refractivity contribution < 1.29 is 22.4 Å². The summed E-state index contributed by atoms with van der Waals surface area (Å²) >= 11 is 0. The van der Waals surface area contributed by atoms with E-state index in [1.165, 1.54) is 17.2 Å². The van der Waals surface area contributed by atoms with Crippen LogP contribution in [0.4, 0.5) is 28.0 Å². The van der Waals surface area contributed by atoms with Crippen molar-refractivity contribution in [3.05, 3.63) is 24.3 Å². The number of piperidine rings is 1. The highest BCUT2D eigenvalue weighted by molar-refractivity contribution is 5.89. The number of likely N-dealkylation sites (tertiary alicyclic amines) is 1. The average Bonchev–Trinajstić information content (AvgIpc) is 2.40. The molecule has 0 aliphatic carbocycles. The molecule has 4 nitrogen and oxygen atoms in total. The van der Waals surface area contributed by atoms with Crippen molar-refractivity contribution in [3.63, 3.8) is 0 Å². The zero-order chi connectivity index (χ0) is 14.8. The minimum Gasteiger partial charge on any atom is -0.325 e. The number of alkyl halides is 3. The standard InChI is InChI=1S/C12H13F4N3O/c13-9-7-17-4-1-10(9)18-11(20)19-5-2-8(3-6-19)12(14,15)16/h1,4,7-8H,2-3,5-6H2,(H,17,18,20). The van der Waals surface area contributed by atoms with Gasteiger partial charge in [-0.15, -0.1) is 0 Å². The molecule has 0 saturated carbocycles. The molecule has 1 aromatic rings. The summed E-state index contributed by atoms with van der Waals surface area (Å²) in [5.74, 6) is -2.06. The van der Waals surface area contributed by atoms with Crippen molar-refractivity contribution in [1.82, 2.24) is 9.88 Å². The fraction of sp³-hybridized carbons (Fsp3) is 0.500. The van der Waals surface area contributed by atoms with Gasteiger partial charge in [0, 0.05) is 19.3 Å². The zero-order valence-corrected chi connectivity index (χ0v) is 10.5. The molecule has 1 N–H and O–H groups in total. The van der Waals surface area contributed by atoms with Gasteiger partial charge in [-0.1, -0.05) is 0 Å². The Morgan fingerprint density at radius 3 is 2.55 bits per heavy atom. The third kappa shape index (κ3) is 3.37. The molecular formula is C12H13F4N3O. The van der Waals surface area contributed by atoms with E-state index < -0.39 is 23.9 Å². The van der Waals surface area contributed by atoms with Gasteiger partial charge in [0.25, 0.3) is 0 Å². The molecule has 0 atom stereocenters. The lowest BCUT2D eigenvalue weighted by Gasteiger charge is -2.32. The third-order valence-corrected chi connectivity index (χ3v) is 3.26. The maximum absolute atomic E-state index is 13.3. The van der Waals surface area contributed by atoms with Gasteiger partial charge in [0.2, 0.25) is 0 Å². The van der Waals surface area contributed by atoms with Crippen LogP contribution in [-0.2, 0) is 0 Å². The molecule has 0 aromatic carbocycles. The van der Waals surface area contributed by atoms with Crippen LogP contribution < -0.4 is 5.32 Å². The van der Waals surface area contributed by atoms with Crippen LogP contribution in [-0.4, -0.2) is 35.2 Å². The van der Waals surface area contributed by atoms with Crippen molar-refractivity contribution in [1.29, 1.82) is 0 Å². The molecule has 2 amide bonds. The Kier molecular flexibility index (Phi) is 4.10. The number of nitrogens with zero attached hydrogens (tertiary/aromatic N) is 2. The van der Waals surface area contributed by atoms with Crippen LogP contribution in [0.15, 0.2) is 18.5 Å². The lowest BCUT2D eigenvalue weighted by molar-refractivity contribution is -0.183. The van der Waals surface area contributed by atoms with Crippen molar-refractivity contribution >= 4 is 11.7 Å². The number of carbonyl (C=O) groups excluding carboxylic acids is 1. The summed E-state index contributed by atoms with van der Waals surface area (Å²) in [5.41, 5.74) is -0.0389. The zero-order valence-electron chi connectivity index (χ0n) is 10.5. The lowest BCUT2D eigenvalue weighted by Crippen LogP contribution is -2.44. The van der Waals surface area contributed by atoms with Crippen LogP contribution in [0.1, 0.15) is 12.8 Å². The van der Waals surface area contributed by atoms with Crippen molar-refractivity contribution in [2.24, 2.45) is 5.92 Å². The van der Waals surface area contributed by atoms with E-state index in [-0.39, 0.29) is 31.6 Å². The second kappa shape index (κ2) is 5.64. The number of carbonyl (C=O) groups is 1. The molecule has 1 saturated heterocycles. The molecule has 2 rings (SSSR count). The van der Waals surface area contributed by atoms with Gasteiger partial charge < -0.3 is 10.2 Å². The largest absolute Gasteiger partial charge is 0.391 e. The quantitative estimate of drug-likeness (QED) is 0.808. The van der Waals surface area contributed by atoms with E-state index in [2.05, 4.69) is 10.3 Å². The number of rotatable bonds is 1. The smallest absolute Gasteiger partial charge is 0.325 e. The SMILES string of the molecule is O=C(Nc1ccncc1F)N1CCC(C(F)(F)F)CC1. The maximum atomic E-state index is 13.3. The lowest BCUT2D eigenvalue weighted by atomic mass is 9.96. The van der Waals surface area contributed by atoms with Gasteiger partial charge in [-0.3, -0.25) is 4.98 Å². The molecule has 1 aromatic heterocycles.